The van der Waals surface area contributed by atoms with Gasteiger partial charge < -0.3 is 9.88 Å². The maximum atomic E-state index is 12.7. The molecule has 4 aromatic rings. The summed E-state index contributed by atoms with van der Waals surface area (Å²) in [5, 5.41) is 3.47. The van der Waals surface area contributed by atoms with E-state index < -0.39 is 9.84 Å². The number of aryl methyl sites for hydroxylation is 1. The number of carbonyl (C=O) groups is 1. The van der Waals surface area contributed by atoms with Crippen molar-refractivity contribution >= 4 is 32.2 Å². The van der Waals surface area contributed by atoms with E-state index >= 15 is 0 Å². The zero-order chi connectivity index (χ0) is 29.3. The first-order chi connectivity index (χ1) is 19.5. The average molecular weight is 592 g/mol. The number of benzene rings is 1. The summed E-state index contributed by atoms with van der Waals surface area (Å²) in [6.45, 7) is 7.48. The number of thiazole rings is 1. The Kier molecular flexibility index (Phi) is 8.21. The number of hydrogen-bond acceptors (Lipinski definition) is 8. The number of nitrogens with zero attached hydrogens (tertiary/aromatic N) is 4. The van der Waals surface area contributed by atoms with Crippen LogP contribution in [0.4, 0.5) is 5.13 Å². The van der Waals surface area contributed by atoms with Crippen LogP contribution >= 0.6 is 11.3 Å². The monoisotopic (exact) mass is 591 g/mol. The molecule has 0 saturated heterocycles. The molecule has 0 fully saturated rings. The number of aromatic nitrogens is 3. The molecular weight excluding hydrogens is 558 g/mol. The van der Waals surface area contributed by atoms with E-state index in [0.717, 1.165) is 34.8 Å². The molecule has 0 saturated carbocycles. The van der Waals surface area contributed by atoms with Crippen LogP contribution in [0.25, 0.3) is 11.1 Å². The van der Waals surface area contributed by atoms with Gasteiger partial charge in [-0.1, -0.05) is 45.0 Å². The Labute approximate surface area is 243 Å². The molecule has 1 aliphatic rings. The van der Waals surface area contributed by atoms with Gasteiger partial charge in [-0.05, 0) is 40.8 Å². The molecule has 1 N–H and O–H groups in total. The quantitative estimate of drug-likeness (QED) is 0.303. The Morgan fingerprint density at radius 1 is 1.10 bits per heavy atom. The van der Waals surface area contributed by atoms with E-state index in [2.05, 4.69) is 53.3 Å². The van der Waals surface area contributed by atoms with Gasteiger partial charge in [0.05, 0.1) is 28.8 Å². The van der Waals surface area contributed by atoms with Crippen LogP contribution in [0.2, 0.25) is 0 Å². The maximum Gasteiger partial charge on any atom is 0.250 e. The number of pyridine rings is 2. The van der Waals surface area contributed by atoms with E-state index in [1.807, 2.05) is 12.3 Å². The van der Waals surface area contributed by atoms with Gasteiger partial charge in [0.2, 0.25) is 11.5 Å². The molecule has 3 aromatic heterocycles. The highest BCUT2D eigenvalue weighted by Gasteiger charge is 2.36. The van der Waals surface area contributed by atoms with Crippen molar-refractivity contribution < 1.29 is 13.2 Å². The number of sulfone groups is 1. The minimum absolute atomic E-state index is 0.00260. The second-order valence-corrected chi connectivity index (χ2v) is 14.0. The first kappa shape index (κ1) is 28.8. The number of anilines is 1. The topological polar surface area (TPSA) is 114 Å². The lowest BCUT2D eigenvalue weighted by Gasteiger charge is -2.27. The van der Waals surface area contributed by atoms with Gasteiger partial charge in [-0.25, -0.2) is 13.4 Å². The standard InChI is InChI=1S/C30H33N5O4S2/c1-5-41(38,39)24-12-11-23(31-15-24)14-26(36)32-30-33-28-25(40-30)18-35(29(28)19(2)3)16-20-6-8-21(9-7-20)22-10-13-27(37)34(4)17-22/h6-13,15,17,19,29H,5,14,16,18H2,1-4H3,(H,32,33,36). The Balaban J connectivity index is 1.23. The highest BCUT2D eigenvalue weighted by atomic mass is 32.2. The summed E-state index contributed by atoms with van der Waals surface area (Å²) in [7, 11) is -1.58. The fourth-order valence-electron chi connectivity index (χ4n) is 5.10. The number of amides is 1. The van der Waals surface area contributed by atoms with Gasteiger partial charge in [0.1, 0.15) is 0 Å². The summed E-state index contributed by atoms with van der Waals surface area (Å²) in [6, 6.07) is 15.1. The number of hydrogen-bond donors (Lipinski definition) is 1. The smallest absolute Gasteiger partial charge is 0.250 e. The molecule has 0 aliphatic carbocycles. The van der Waals surface area contributed by atoms with Gasteiger partial charge in [-0.3, -0.25) is 19.5 Å². The summed E-state index contributed by atoms with van der Waals surface area (Å²) in [4.78, 5) is 37.1. The predicted molar refractivity (Wildman–Crippen MR) is 160 cm³/mol. The molecule has 1 atom stereocenters. The number of nitrogens with one attached hydrogen (secondary N) is 1. The van der Waals surface area contributed by atoms with Gasteiger partial charge in [0, 0.05) is 49.2 Å². The zero-order valence-electron chi connectivity index (χ0n) is 23.5. The first-order valence-corrected chi connectivity index (χ1v) is 16.0. The molecular formula is C30H33N5O4S2. The van der Waals surface area contributed by atoms with Gasteiger partial charge in [-0.2, -0.15) is 0 Å². The van der Waals surface area contributed by atoms with E-state index in [1.54, 1.807) is 30.7 Å². The third-order valence-electron chi connectivity index (χ3n) is 7.26. The van der Waals surface area contributed by atoms with Crippen molar-refractivity contribution in [1.82, 2.24) is 19.4 Å². The molecule has 0 radical (unpaired) electrons. The van der Waals surface area contributed by atoms with Crippen molar-refractivity contribution in [2.45, 2.75) is 51.2 Å². The van der Waals surface area contributed by atoms with Gasteiger partial charge in [0.25, 0.3) is 0 Å². The molecule has 0 spiro atoms. The molecule has 1 aliphatic heterocycles. The van der Waals surface area contributed by atoms with E-state index in [9.17, 15) is 18.0 Å². The van der Waals surface area contributed by atoms with Crippen LogP contribution in [0, 0.1) is 5.92 Å². The molecule has 11 heteroatoms. The van der Waals surface area contributed by atoms with E-state index in [0.29, 0.717) is 16.7 Å². The predicted octanol–water partition coefficient (Wildman–Crippen LogP) is 4.59. The zero-order valence-corrected chi connectivity index (χ0v) is 25.1. The molecule has 9 nitrogen and oxygen atoms in total. The maximum absolute atomic E-state index is 12.7. The lowest BCUT2D eigenvalue weighted by atomic mass is 10.0. The second-order valence-electron chi connectivity index (χ2n) is 10.6. The van der Waals surface area contributed by atoms with Gasteiger partial charge in [-0.15, -0.1) is 11.3 Å². The van der Waals surface area contributed by atoms with Gasteiger partial charge >= 0.3 is 0 Å². The molecule has 4 heterocycles. The molecule has 41 heavy (non-hydrogen) atoms. The number of fused-ring (bicyclic) bond motifs is 1. The third kappa shape index (κ3) is 6.32. The fraction of sp³-hybridized carbons (Fsp3) is 0.333. The van der Waals surface area contributed by atoms with Crippen LogP contribution in [0.1, 0.15) is 48.6 Å². The minimum atomic E-state index is -3.33. The first-order valence-electron chi connectivity index (χ1n) is 13.5. The van der Waals surface area contributed by atoms with E-state index in [1.165, 1.54) is 29.2 Å². The van der Waals surface area contributed by atoms with Crippen molar-refractivity contribution in [1.29, 1.82) is 0 Å². The van der Waals surface area contributed by atoms with Crippen LogP contribution in [-0.4, -0.2) is 39.5 Å². The van der Waals surface area contributed by atoms with Crippen LogP contribution in [0.5, 0.6) is 0 Å². The van der Waals surface area contributed by atoms with Crippen molar-refractivity contribution in [3.05, 3.63) is 93.1 Å². The van der Waals surface area contributed by atoms with Crippen LogP contribution in [-0.2, 0) is 41.2 Å². The molecule has 1 unspecified atom stereocenters. The normalized spacial score (nSPS) is 15.3. The van der Waals surface area contributed by atoms with Crippen molar-refractivity contribution in [3.63, 3.8) is 0 Å². The third-order valence-corrected chi connectivity index (χ3v) is 9.95. The molecule has 1 aromatic carbocycles. The number of rotatable bonds is 9. The summed E-state index contributed by atoms with van der Waals surface area (Å²) >= 11 is 1.50. The lowest BCUT2D eigenvalue weighted by Crippen LogP contribution is -2.26. The highest BCUT2D eigenvalue weighted by molar-refractivity contribution is 7.91. The summed E-state index contributed by atoms with van der Waals surface area (Å²) in [6.07, 6.45) is 3.19. The minimum Gasteiger partial charge on any atom is -0.318 e. The summed E-state index contributed by atoms with van der Waals surface area (Å²) in [5.41, 5.74) is 4.72. The van der Waals surface area contributed by atoms with Crippen molar-refractivity contribution in [2.75, 3.05) is 11.1 Å². The van der Waals surface area contributed by atoms with Crippen molar-refractivity contribution in [3.8, 4) is 11.1 Å². The molecule has 214 valence electrons. The fourth-order valence-corrected chi connectivity index (χ4v) is 6.97. The highest BCUT2D eigenvalue weighted by Crippen LogP contribution is 2.43. The van der Waals surface area contributed by atoms with Crippen LogP contribution < -0.4 is 10.9 Å². The van der Waals surface area contributed by atoms with E-state index in [4.69, 9.17) is 4.98 Å². The second kappa shape index (κ2) is 11.7. The van der Waals surface area contributed by atoms with Gasteiger partial charge in [0.15, 0.2) is 15.0 Å². The number of carbonyl (C=O) groups excluding carboxylic acids is 1. The Morgan fingerprint density at radius 2 is 1.83 bits per heavy atom. The van der Waals surface area contributed by atoms with Crippen LogP contribution in [0.3, 0.4) is 0 Å². The van der Waals surface area contributed by atoms with Crippen molar-refractivity contribution in [2.24, 2.45) is 13.0 Å². The summed E-state index contributed by atoms with van der Waals surface area (Å²) in [5.74, 6) is 0.0873. The molecule has 5 rings (SSSR count). The Morgan fingerprint density at radius 3 is 2.46 bits per heavy atom. The average Bonchev–Trinajstić information content (AvgIpc) is 3.47. The summed E-state index contributed by atoms with van der Waals surface area (Å²) < 4.78 is 25.6. The molecule has 0 bridgehead atoms. The molecule has 1 amide bonds. The Hall–Kier alpha value is -3.67. The lowest BCUT2D eigenvalue weighted by molar-refractivity contribution is -0.115. The SMILES string of the molecule is CCS(=O)(=O)c1ccc(CC(=O)Nc2nc3c(s2)CN(Cc2ccc(-c4ccc(=O)n(C)c4)cc2)C3C(C)C)nc1. The van der Waals surface area contributed by atoms with E-state index in [-0.39, 0.29) is 34.6 Å². The van der Waals surface area contributed by atoms with Crippen LogP contribution in [0.15, 0.2) is 70.6 Å². The Bertz CT molecular complexity index is 1730. The largest absolute Gasteiger partial charge is 0.318 e.